The number of anilines is 1. The first-order valence-corrected chi connectivity index (χ1v) is 9.01. The molecule has 0 bridgehead atoms. The molecule has 0 aliphatic rings. The van der Waals surface area contributed by atoms with Gasteiger partial charge in [-0.3, -0.25) is 19.9 Å². The SMILES string of the molecule is COc1ccc2nc(C)c(C(=O)OC(C)C(=O)Nc3ccccc3[N+](=O)[O-])cc2c1. The number of aryl methyl sites for hydroxylation is 1. The van der Waals surface area contributed by atoms with Gasteiger partial charge >= 0.3 is 5.97 Å². The maximum absolute atomic E-state index is 12.6. The molecule has 1 unspecified atom stereocenters. The van der Waals surface area contributed by atoms with Gasteiger partial charge in [0.05, 0.1) is 28.8 Å². The van der Waals surface area contributed by atoms with Crippen LogP contribution in [0.15, 0.2) is 48.5 Å². The van der Waals surface area contributed by atoms with Crippen LogP contribution in [0.5, 0.6) is 5.75 Å². The van der Waals surface area contributed by atoms with Crippen molar-refractivity contribution in [3.8, 4) is 5.75 Å². The van der Waals surface area contributed by atoms with E-state index in [0.29, 0.717) is 22.3 Å². The molecule has 30 heavy (non-hydrogen) atoms. The van der Waals surface area contributed by atoms with Crippen LogP contribution in [0.25, 0.3) is 10.9 Å². The molecule has 3 rings (SSSR count). The van der Waals surface area contributed by atoms with Crippen LogP contribution >= 0.6 is 0 Å². The van der Waals surface area contributed by atoms with Crippen molar-refractivity contribution in [3.05, 3.63) is 69.9 Å². The molecule has 1 aromatic heterocycles. The summed E-state index contributed by atoms with van der Waals surface area (Å²) in [6, 6.07) is 12.6. The molecule has 154 valence electrons. The van der Waals surface area contributed by atoms with E-state index in [1.165, 1.54) is 32.2 Å². The van der Waals surface area contributed by atoms with Crippen molar-refractivity contribution >= 4 is 34.2 Å². The number of rotatable bonds is 6. The number of hydrogen-bond donors (Lipinski definition) is 1. The zero-order valence-corrected chi connectivity index (χ0v) is 16.5. The fraction of sp³-hybridized carbons (Fsp3) is 0.190. The number of para-hydroxylation sites is 2. The average molecular weight is 409 g/mol. The van der Waals surface area contributed by atoms with Crippen molar-refractivity contribution in [1.82, 2.24) is 4.98 Å². The highest BCUT2D eigenvalue weighted by molar-refractivity contribution is 6.00. The summed E-state index contributed by atoms with van der Waals surface area (Å²) in [5.74, 6) is -0.801. The van der Waals surface area contributed by atoms with Crippen LogP contribution in [-0.2, 0) is 9.53 Å². The van der Waals surface area contributed by atoms with E-state index in [-0.39, 0.29) is 16.9 Å². The summed E-state index contributed by atoms with van der Waals surface area (Å²) in [6.45, 7) is 3.05. The Morgan fingerprint density at radius 3 is 2.60 bits per heavy atom. The van der Waals surface area contributed by atoms with Crippen molar-refractivity contribution < 1.29 is 24.0 Å². The number of fused-ring (bicyclic) bond motifs is 1. The minimum Gasteiger partial charge on any atom is -0.497 e. The van der Waals surface area contributed by atoms with Gasteiger partial charge in [0.2, 0.25) is 0 Å². The van der Waals surface area contributed by atoms with Crippen LogP contribution in [0.4, 0.5) is 11.4 Å². The van der Waals surface area contributed by atoms with Crippen molar-refractivity contribution in [3.63, 3.8) is 0 Å². The number of nitro benzene ring substituents is 1. The Kier molecular flexibility index (Phi) is 5.91. The zero-order chi connectivity index (χ0) is 21.8. The van der Waals surface area contributed by atoms with E-state index < -0.39 is 22.9 Å². The molecule has 1 atom stereocenters. The molecule has 1 heterocycles. The van der Waals surface area contributed by atoms with Gasteiger partial charge in [0, 0.05) is 11.5 Å². The first-order valence-electron chi connectivity index (χ1n) is 9.01. The first kappa shape index (κ1) is 20.7. The lowest BCUT2D eigenvalue weighted by Crippen LogP contribution is -2.30. The monoisotopic (exact) mass is 409 g/mol. The van der Waals surface area contributed by atoms with Gasteiger partial charge in [-0.1, -0.05) is 12.1 Å². The molecular formula is C21H19N3O6. The van der Waals surface area contributed by atoms with Gasteiger partial charge in [-0.25, -0.2) is 4.79 Å². The lowest BCUT2D eigenvalue weighted by atomic mass is 10.1. The van der Waals surface area contributed by atoms with Crippen LogP contribution in [0.1, 0.15) is 23.0 Å². The van der Waals surface area contributed by atoms with Gasteiger partial charge in [-0.05, 0) is 44.2 Å². The predicted octanol–water partition coefficient (Wildman–Crippen LogP) is 3.64. The van der Waals surface area contributed by atoms with Crippen LogP contribution < -0.4 is 10.1 Å². The van der Waals surface area contributed by atoms with E-state index >= 15 is 0 Å². The number of benzene rings is 2. The third-order valence-electron chi connectivity index (χ3n) is 4.44. The topological polar surface area (TPSA) is 121 Å². The Morgan fingerprint density at radius 2 is 1.90 bits per heavy atom. The van der Waals surface area contributed by atoms with Crippen molar-refractivity contribution in [2.45, 2.75) is 20.0 Å². The van der Waals surface area contributed by atoms with Gasteiger partial charge < -0.3 is 14.8 Å². The number of nitrogens with zero attached hydrogens (tertiary/aromatic N) is 2. The summed E-state index contributed by atoms with van der Waals surface area (Å²) in [6.07, 6.45) is -1.18. The van der Waals surface area contributed by atoms with E-state index in [9.17, 15) is 19.7 Å². The molecule has 9 heteroatoms. The second kappa shape index (κ2) is 8.56. The summed E-state index contributed by atoms with van der Waals surface area (Å²) in [5.41, 5.74) is 1.11. The van der Waals surface area contributed by atoms with E-state index in [2.05, 4.69) is 10.3 Å². The predicted molar refractivity (Wildman–Crippen MR) is 110 cm³/mol. The summed E-state index contributed by atoms with van der Waals surface area (Å²) in [5, 5.41) is 14.2. The number of nitro groups is 1. The third-order valence-corrected chi connectivity index (χ3v) is 4.44. The van der Waals surface area contributed by atoms with Crippen LogP contribution in [0.2, 0.25) is 0 Å². The third kappa shape index (κ3) is 4.35. The van der Waals surface area contributed by atoms with Crippen molar-refractivity contribution in [1.29, 1.82) is 0 Å². The number of esters is 1. The smallest absolute Gasteiger partial charge is 0.340 e. The Bertz CT molecular complexity index is 1140. The van der Waals surface area contributed by atoms with Gasteiger partial charge in [-0.15, -0.1) is 0 Å². The highest BCUT2D eigenvalue weighted by Crippen LogP contribution is 2.24. The van der Waals surface area contributed by atoms with E-state index in [0.717, 1.165) is 0 Å². The van der Waals surface area contributed by atoms with Gasteiger partial charge in [0.1, 0.15) is 11.4 Å². The number of methoxy groups -OCH3 is 1. The highest BCUT2D eigenvalue weighted by Gasteiger charge is 2.23. The first-order chi connectivity index (χ1) is 14.3. The Morgan fingerprint density at radius 1 is 1.17 bits per heavy atom. The zero-order valence-electron chi connectivity index (χ0n) is 16.5. The number of ether oxygens (including phenoxy) is 2. The molecule has 1 amide bonds. The quantitative estimate of drug-likeness (QED) is 0.375. The van der Waals surface area contributed by atoms with Gasteiger partial charge in [-0.2, -0.15) is 0 Å². The maximum atomic E-state index is 12.6. The minimum absolute atomic E-state index is 0.0195. The lowest BCUT2D eigenvalue weighted by molar-refractivity contribution is -0.383. The fourth-order valence-electron chi connectivity index (χ4n) is 2.83. The molecule has 0 aliphatic carbocycles. The molecule has 1 N–H and O–H groups in total. The van der Waals surface area contributed by atoms with Crippen LogP contribution in [-0.4, -0.2) is 35.0 Å². The summed E-state index contributed by atoms with van der Waals surface area (Å²) in [4.78, 5) is 39.9. The van der Waals surface area contributed by atoms with Gasteiger partial charge in [0.25, 0.3) is 11.6 Å². The Hall–Kier alpha value is -4.01. The largest absolute Gasteiger partial charge is 0.497 e. The molecule has 0 fully saturated rings. The number of pyridine rings is 1. The molecule has 2 aromatic carbocycles. The summed E-state index contributed by atoms with van der Waals surface area (Å²) >= 11 is 0. The number of aromatic nitrogens is 1. The molecule has 0 spiro atoms. The molecule has 0 saturated heterocycles. The number of hydrogen-bond acceptors (Lipinski definition) is 7. The summed E-state index contributed by atoms with van der Waals surface area (Å²) < 4.78 is 10.5. The van der Waals surface area contributed by atoms with Crippen molar-refractivity contribution in [2.75, 3.05) is 12.4 Å². The molecular weight excluding hydrogens is 390 g/mol. The van der Waals surface area contributed by atoms with Crippen LogP contribution in [0.3, 0.4) is 0 Å². The van der Waals surface area contributed by atoms with Crippen molar-refractivity contribution in [2.24, 2.45) is 0 Å². The van der Waals surface area contributed by atoms with E-state index in [1.807, 2.05) is 0 Å². The highest BCUT2D eigenvalue weighted by atomic mass is 16.6. The van der Waals surface area contributed by atoms with Crippen LogP contribution in [0, 0.1) is 17.0 Å². The number of carbonyl (C=O) groups excluding carboxylic acids is 2. The normalized spacial score (nSPS) is 11.6. The number of amides is 1. The van der Waals surface area contributed by atoms with Gasteiger partial charge in [0.15, 0.2) is 6.10 Å². The Labute approximate surface area is 171 Å². The maximum Gasteiger partial charge on any atom is 0.340 e. The number of nitrogens with one attached hydrogen (secondary N) is 1. The molecule has 3 aromatic rings. The average Bonchev–Trinajstić information content (AvgIpc) is 2.72. The molecule has 0 saturated carbocycles. The standard InChI is InChI=1S/C21H19N3O6/c1-12-16(11-14-10-15(29-3)8-9-17(14)22-12)21(26)30-13(2)20(25)23-18-6-4-5-7-19(18)24(27)28/h4-11,13H,1-3H3,(H,23,25). The molecule has 0 aliphatic heterocycles. The molecule has 9 nitrogen and oxygen atoms in total. The second-order valence-electron chi connectivity index (χ2n) is 6.49. The Balaban J connectivity index is 1.77. The lowest BCUT2D eigenvalue weighted by Gasteiger charge is -2.15. The number of carbonyl (C=O) groups is 2. The molecule has 0 radical (unpaired) electrons. The minimum atomic E-state index is -1.18. The summed E-state index contributed by atoms with van der Waals surface area (Å²) in [7, 11) is 1.54. The van der Waals surface area contributed by atoms with E-state index in [1.54, 1.807) is 37.3 Å². The fourth-order valence-corrected chi connectivity index (χ4v) is 2.83. The van der Waals surface area contributed by atoms with E-state index in [4.69, 9.17) is 9.47 Å². The second-order valence-corrected chi connectivity index (χ2v) is 6.49.